The lowest BCUT2D eigenvalue weighted by molar-refractivity contribution is -0.129. The summed E-state index contributed by atoms with van der Waals surface area (Å²) in [6, 6.07) is 21.6. The van der Waals surface area contributed by atoms with Gasteiger partial charge < -0.3 is 14.2 Å². The number of nitrogens with zero attached hydrogens (tertiary/aromatic N) is 1. The molecule has 0 unspecified atom stereocenters. The van der Waals surface area contributed by atoms with Gasteiger partial charge in [0, 0.05) is 16.1 Å². The average molecular weight is 551 g/mol. The zero-order chi connectivity index (χ0) is 25.6. The maximum Gasteiger partial charge on any atom is 0.336 e. The van der Waals surface area contributed by atoms with Crippen LogP contribution in [-0.2, 0) is 9.59 Å². The third-order valence-electron chi connectivity index (χ3n) is 4.75. The number of hydrogen-bond acceptors (Lipinski definition) is 6. The Bertz CT molecular complexity index is 1190. The van der Waals surface area contributed by atoms with Crippen LogP contribution in [0.25, 0.3) is 6.08 Å². The molecule has 0 aliphatic carbocycles. The molecular formula is C28H27BrN2O5. The number of amides is 1. The third-order valence-corrected chi connectivity index (χ3v) is 5.24. The molecule has 36 heavy (non-hydrogen) atoms. The fourth-order valence-electron chi connectivity index (χ4n) is 2.91. The van der Waals surface area contributed by atoms with E-state index >= 15 is 0 Å². The first-order valence-corrected chi connectivity index (χ1v) is 12.2. The van der Waals surface area contributed by atoms with Gasteiger partial charge in [-0.05, 0) is 60.5 Å². The Labute approximate surface area is 218 Å². The molecule has 0 fully saturated rings. The van der Waals surface area contributed by atoms with Gasteiger partial charge >= 0.3 is 5.97 Å². The molecule has 3 aromatic rings. The number of carbonyl (C=O) groups excluding carboxylic acids is 2. The summed E-state index contributed by atoms with van der Waals surface area (Å²) in [6.45, 7) is 2.56. The second-order valence-electron chi connectivity index (χ2n) is 7.60. The number of hydrazone groups is 1. The second kappa shape index (κ2) is 14.5. The van der Waals surface area contributed by atoms with E-state index in [4.69, 9.17) is 14.2 Å². The third kappa shape index (κ3) is 9.38. The molecule has 3 rings (SSSR count). The number of rotatable bonds is 12. The molecule has 0 spiro atoms. The molecule has 0 saturated heterocycles. The Hall–Kier alpha value is -3.91. The summed E-state index contributed by atoms with van der Waals surface area (Å²) in [5.74, 6) is 0.632. The second-order valence-corrected chi connectivity index (χ2v) is 8.52. The lowest BCUT2D eigenvalue weighted by atomic mass is 10.2. The molecule has 1 amide bonds. The van der Waals surface area contributed by atoms with Crippen molar-refractivity contribution in [3.05, 3.63) is 94.5 Å². The maximum atomic E-state index is 12.3. The monoisotopic (exact) mass is 550 g/mol. The molecule has 8 heteroatoms. The summed E-state index contributed by atoms with van der Waals surface area (Å²) >= 11 is 3.39. The van der Waals surface area contributed by atoms with Crippen LogP contribution in [0.1, 0.15) is 30.9 Å². The van der Waals surface area contributed by atoms with Crippen molar-refractivity contribution in [3.8, 4) is 17.2 Å². The summed E-state index contributed by atoms with van der Waals surface area (Å²) in [6.07, 6.45) is 6.48. The van der Waals surface area contributed by atoms with E-state index < -0.39 is 11.9 Å². The highest BCUT2D eigenvalue weighted by Crippen LogP contribution is 2.22. The highest BCUT2D eigenvalue weighted by Gasteiger charge is 2.08. The number of benzene rings is 3. The molecule has 0 aliphatic rings. The van der Waals surface area contributed by atoms with Gasteiger partial charge in [-0.2, -0.15) is 5.10 Å². The lowest BCUT2D eigenvalue weighted by Crippen LogP contribution is -2.24. The highest BCUT2D eigenvalue weighted by atomic mass is 79.9. The molecule has 0 aliphatic heterocycles. The first-order valence-electron chi connectivity index (χ1n) is 11.5. The minimum absolute atomic E-state index is 0.210. The summed E-state index contributed by atoms with van der Waals surface area (Å²) in [5, 5.41) is 3.96. The van der Waals surface area contributed by atoms with Gasteiger partial charge in [-0.25, -0.2) is 10.2 Å². The van der Waals surface area contributed by atoms with Crippen molar-refractivity contribution in [2.75, 3.05) is 13.2 Å². The van der Waals surface area contributed by atoms with Crippen molar-refractivity contribution in [3.63, 3.8) is 0 Å². The summed E-state index contributed by atoms with van der Waals surface area (Å²) < 4.78 is 17.3. The van der Waals surface area contributed by atoms with E-state index in [0.29, 0.717) is 23.7 Å². The smallest absolute Gasteiger partial charge is 0.336 e. The van der Waals surface area contributed by atoms with Crippen LogP contribution in [0.2, 0.25) is 0 Å². The molecule has 0 bridgehead atoms. The van der Waals surface area contributed by atoms with Crippen molar-refractivity contribution >= 4 is 40.1 Å². The molecular weight excluding hydrogens is 524 g/mol. The van der Waals surface area contributed by atoms with Crippen LogP contribution in [0.3, 0.4) is 0 Å². The van der Waals surface area contributed by atoms with E-state index in [1.165, 1.54) is 12.3 Å². The van der Waals surface area contributed by atoms with Gasteiger partial charge in [0.2, 0.25) is 0 Å². The minimum atomic E-state index is -0.532. The average Bonchev–Trinajstić information content (AvgIpc) is 2.89. The zero-order valence-corrected chi connectivity index (χ0v) is 21.4. The van der Waals surface area contributed by atoms with Crippen molar-refractivity contribution in [1.29, 1.82) is 0 Å². The summed E-state index contributed by atoms with van der Waals surface area (Å²) in [5.41, 5.74) is 3.79. The number of unbranched alkanes of at least 4 members (excludes halogenated alkanes) is 1. The molecule has 0 heterocycles. The number of carbonyl (C=O) groups is 2. The number of ether oxygens (including phenoxy) is 3. The quantitative estimate of drug-likeness (QED) is 0.0771. The Balaban J connectivity index is 1.50. The van der Waals surface area contributed by atoms with Crippen LogP contribution in [0, 0.1) is 0 Å². The number of esters is 1. The number of hydrogen-bond donors (Lipinski definition) is 1. The maximum absolute atomic E-state index is 12.3. The van der Waals surface area contributed by atoms with Gasteiger partial charge in [0.15, 0.2) is 6.61 Å². The largest absolute Gasteiger partial charge is 0.494 e. The number of halogens is 1. The zero-order valence-electron chi connectivity index (χ0n) is 19.9. The first-order chi connectivity index (χ1) is 17.5. The van der Waals surface area contributed by atoms with Crippen molar-refractivity contribution in [2.45, 2.75) is 19.8 Å². The Kier molecular flexibility index (Phi) is 10.7. The van der Waals surface area contributed by atoms with Crippen LogP contribution in [0.5, 0.6) is 17.2 Å². The van der Waals surface area contributed by atoms with Gasteiger partial charge in [0.1, 0.15) is 17.2 Å². The van der Waals surface area contributed by atoms with Crippen LogP contribution in [0.4, 0.5) is 0 Å². The molecule has 0 aromatic heterocycles. The van der Waals surface area contributed by atoms with E-state index in [1.807, 2.05) is 30.3 Å². The van der Waals surface area contributed by atoms with Crippen molar-refractivity contribution in [2.24, 2.45) is 5.10 Å². The van der Waals surface area contributed by atoms with Gasteiger partial charge in [-0.1, -0.05) is 59.6 Å². The van der Waals surface area contributed by atoms with Crippen LogP contribution >= 0.6 is 15.9 Å². The normalized spacial score (nSPS) is 10.9. The summed E-state index contributed by atoms with van der Waals surface area (Å²) in [7, 11) is 0. The predicted molar refractivity (Wildman–Crippen MR) is 143 cm³/mol. The van der Waals surface area contributed by atoms with Crippen LogP contribution in [-0.4, -0.2) is 31.3 Å². The fourth-order valence-corrected chi connectivity index (χ4v) is 3.28. The molecule has 186 valence electrons. The number of nitrogens with one attached hydrogen (secondary N) is 1. The van der Waals surface area contributed by atoms with Gasteiger partial charge in [-0.15, -0.1) is 0 Å². The molecule has 0 saturated carbocycles. The minimum Gasteiger partial charge on any atom is -0.494 e. The first kappa shape index (κ1) is 26.7. The topological polar surface area (TPSA) is 86.2 Å². The highest BCUT2D eigenvalue weighted by molar-refractivity contribution is 9.10. The van der Waals surface area contributed by atoms with E-state index in [-0.39, 0.29) is 6.61 Å². The predicted octanol–water partition coefficient (Wildman–Crippen LogP) is 5.78. The van der Waals surface area contributed by atoms with E-state index in [0.717, 1.165) is 28.6 Å². The fraction of sp³-hybridized carbons (Fsp3) is 0.179. The molecule has 0 radical (unpaired) electrons. The van der Waals surface area contributed by atoms with Crippen molar-refractivity contribution in [1.82, 2.24) is 5.43 Å². The Morgan fingerprint density at radius 1 is 0.972 bits per heavy atom. The SMILES string of the molecule is CCCCOc1ccc(OCC(=O)NN=Cc2cc(Br)ccc2OC(=O)C=Cc2ccccc2)cc1. The van der Waals surface area contributed by atoms with Gasteiger partial charge in [0.25, 0.3) is 5.91 Å². The molecule has 1 N–H and O–H groups in total. The lowest BCUT2D eigenvalue weighted by Gasteiger charge is -2.08. The van der Waals surface area contributed by atoms with Crippen LogP contribution in [0.15, 0.2) is 88.4 Å². The Morgan fingerprint density at radius 3 is 2.42 bits per heavy atom. The van der Waals surface area contributed by atoms with E-state index in [1.54, 1.807) is 48.5 Å². The molecule has 7 nitrogen and oxygen atoms in total. The van der Waals surface area contributed by atoms with Crippen molar-refractivity contribution < 1.29 is 23.8 Å². The molecule has 0 atom stereocenters. The standard InChI is InChI=1S/C28H27BrN2O5/c1-2-3-17-34-24-11-13-25(14-12-24)35-20-27(32)31-30-19-22-18-23(29)10-15-26(22)36-28(33)16-9-21-7-5-4-6-8-21/h4-16,18-19H,2-3,17,20H2,1H3,(H,31,32). The van der Waals surface area contributed by atoms with E-state index in [2.05, 4.69) is 33.4 Å². The van der Waals surface area contributed by atoms with E-state index in [9.17, 15) is 9.59 Å². The van der Waals surface area contributed by atoms with Gasteiger partial charge in [0.05, 0.1) is 12.8 Å². The summed E-state index contributed by atoms with van der Waals surface area (Å²) in [4.78, 5) is 24.4. The van der Waals surface area contributed by atoms with Crippen LogP contribution < -0.4 is 19.6 Å². The molecule has 3 aromatic carbocycles. The van der Waals surface area contributed by atoms with Gasteiger partial charge in [-0.3, -0.25) is 4.79 Å². The Morgan fingerprint density at radius 2 is 1.69 bits per heavy atom.